The van der Waals surface area contributed by atoms with Crippen LogP contribution in [0.4, 0.5) is 0 Å². The molecule has 1 rings (SSSR count). The van der Waals surface area contributed by atoms with Crippen molar-refractivity contribution in [1.29, 1.82) is 0 Å². The van der Waals surface area contributed by atoms with Crippen LogP contribution in [0.1, 0.15) is 65.2 Å². The first-order chi connectivity index (χ1) is 13.9. The van der Waals surface area contributed by atoms with E-state index < -0.39 is 11.6 Å². The van der Waals surface area contributed by atoms with Gasteiger partial charge in [-0.3, -0.25) is 14.4 Å². The fourth-order valence-electron chi connectivity index (χ4n) is 3.05. The number of rotatable bonds is 12. The van der Waals surface area contributed by atoms with Crippen LogP contribution in [0.15, 0.2) is 45.6 Å². The molecule has 0 N–H and O–H groups in total. The van der Waals surface area contributed by atoms with Gasteiger partial charge < -0.3 is 9.47 Å². The number of allylic oxidation sites excluding steroid dienone is 5. The Morgan fingerprint density at radius 2 is 1.86 bits per heavy atom. The SMILES string of the molecule is CCCCC/C=C\CC1(OC(C)=O)C=C(I)C(=O)/C1=C\C=C\CCCC(=O)OC. The number of carbonyl (C=O) groups is 3. The summed E-state index contributed by atoms with van der Waals surface area (Å²) in [5, 5.41) is 0. The van der Waals surface area contributed by atoms with E-state index in [1.54, 1.807) is 18.2 Å². The van der Waals surface area contributed by atoms with Crippen molar-refractivity contribution in [3.8, 4) is 0 Å². The van der Waals surface area contributed by atoms with E-state index in [4.69, 9.17) is 4.74 Å². The number of halogens is 1. The number of Topliss-reactive ketones (excluding diaryl/α,β-unsaturated/α-hetero) is 1. The summed E-state index contributed by atoms with van der Waals surface area (Å²) in [7, 11) is 1.37. The van der Waals surface area contributed by atoms with Crippen LogP contribution in [0.2, 0.25) is 0 Å². The number of esters is 2. The Labute approximate surface area is 187 Å². The van der Waals surface area contributed by atoms with E-state index in [0.29, 0.717) is 34.8 Å². The molecule has 0 aromatic rings. The van der Waals surface area contributed by atoms with Gasteiger partial charge in [-0.05, 0) is 54.4 Å². The van der Waals surface area contributed by atoms with Gasteiger partial charge in [0.25, 0.3) is 0 Å². The summed E-state index contributed by atoms with van der Waals surface area (Å²) < 4.78 is 10.8. The molecule has 0 saturated carbocycles. The number of hydrogen-bond donors (Lipinski definition) is 0. The Balaban J connectivity index is 2.90. The fourth-order valence-corrected chi connectivity index (χ4v) is 3.85. The van der Waals surface area contributed by atoms with Gasteiger partial charge in [-0.25, -0.2) is 0 Å². The third kappa shape index (κ3) is 8.68. The Kier molecular flexibility index (Phi) is 11.8. The minimum Gasteiger partial charge on any atom is -0.469 e. The van der Waals surface area contributed by atoms with Crippen LogP contribution in [0.3, 0.4) is 0 Å². The average Bonchev–Trinajstić information content (AvgIpc) is 2.90. The molecule has 1 unspecified atom stereocenters. The molecule has 0 aromatic carbocycles. The van der Waals surface area contributed by atoms with Gasteiger partial charge in [-0.2, -0.15) is 0 Å². The molecule has 5 nitrogen and oxygen atoms in total. The zero-order valence-corrected chi connectivity index (χ0v) is 19.7. The van der Waals surface area contributed by atoms with Gasteiger partial charge in [0.1, 0.15) is 0 Å². The molecular formula is C23H31IO5. The van der Waals surface area contributed by atoms with Gasteiger partial charge in [0.05, 0.1) is 10.7 Å². The summed E-state index contributed by atoms with van der Waals surface area (Å²) in [4.78, 5) is 35.6. The molecule has 0 radical (unpaired) electrons. The topological polar surface area (TPSA) is 69.7 Å². The molecule has 0 aromatic heterocycles. The van der Waals surface area contributed by atoms with Crippen LogP contribution in [-0.4, -0.2) is 30.4 Å². The Bertz CT molecular complexity index is 702. The van der Waals surface area contributed by atoms with Gasteiger partial charge in [0.15, 0.2) is 11.4 Å². The Hall–Kier alpha value is -1.70. The average molecular weight is 514 g/mol. The molecule has 1 aliphatic carbocycles. The van der Waals surface area contributed by atoms with Gasteiger partial charge in [0.2, 0.25) is 0 Å². The summed E-state index contributed by atoms with van der Waals surface area (Å²) in [5.74, 6) is -0.779. The lowest BCUT2D eigenvalue weighted by Gasteiger charge is -2.27. The highest BCUT2D eigenvalue weighted by atomic mass is 127. The molecule has 1 aliphatic rings. The van der Waals surface area contributed by atoms with Gasteiger partial charge in [-0.15, -0.1) is 0 Å². The molecule has 6 heteroatoms. The summed E-state index contributed by atoms with van der Waals surface area (Å²) in [5.41, 5.74) is -0.601. The van der Waals surface area contributed by atoms with E-state index in [2.05, 4.69) is 17.7 Å². The molecule has 0 aliphatic heterocycles. The summed E-state index contributed by atoms with van der Waals surface area (Å²) >= 11 is 1.99. The van der Waals surface area contributed by atoms with Gasteiger partial charge in [-0.1, -0.05) is 50.1 Å². The summed E-state index contributed by atoms with van der Waals surface area (Å²) in [6.07, 6.45) is 17.8. The Morgan fingerprint density at radius 1 is 1.14 bits per heavy atom. The van der Waals surface area contributed by atoms with E-state index in [1.165, 1.54) is 26.9 Å². The van der Waals surface area contributed by atoms with E-state index in [0.717, 1.165) is 12.8 Å². The quantitative estimate of drug-likeness (QED) is 0.112. The number of ketones is 1. The lowest BCUT2D eigenvalue weighted by Crippen LogP contribution is -2.33. The zero-order valence-electron chi connectivity index (χ0n) is 17.5. The van der Waals surface area contributed by atoms with Crippen molar-refractivity contribution in [3.05, 3.63) is 45.6 Å². The van der Waals surface area contributed by atoms with Crippen LogP contribution < -0.4 is 0 Å². The van der Waals surface area contributed by atoms with Crippen molar-refractivity contribution in [1.82, 2.24) is 0 Å². The van der Waals surface area contributed by atoms with Crippen LogP contribution >= 0.6 is 22.6 Å². The third-order valence-corrected chi connectivity index (χ3v) is 5.34. The number of hydrogen-bond acceptors (Lipinski definition) is 5. The maximum atomic E-state index is 12.7. The van der Waals surface area contributed by atoms with Crippen molar-refractivity contribution >= 4 is 40.3 Å². The monoisotopic (exact) mass is 514 g/mol. The second-order valence-corrected chi connectivity index (χ2v) is 8.11. The van der Waals surface area contributed by atoms with Crippen LogP contribution in [0.25, 0.3) is 0 Å². The first-order valence-corrected chi connectivity index (χ1v) is 11.2. The van der Waals surface area contributed by atoms with E-state index in [9.17, 15) is 14.4 Å². The number of unbranched alkanes of at least 4 members (excludes halogenated alkanes) is 4. The number of methoxy groups -OCH3 is 1. The van der Waals surface area contributed by atoms with Crippen molar-refractivity contribution in [2.75, 3.05) is 7.11 Å². The molecule has 0 saturated heterocycles. The molecule has 0 bridgehead atoms. The zero-order chi connectivity index (χ0) is 21.7. The van der Waals surface area contributed by atoms with Gasteiger partial charge in [0, 0.05) is 25.3 Å². The molecule has 0 fully saturated rings. The van der Waals surface area contributed by atoms with Crippen LogP contribution in [-0.2, 0) is 23.9 Å². The Morgan fingerprint density at radius 3 is 2.52 bits per heavy atom. The second-order valence-electron chi connectivity index (χ2n) is 6.95. The van der Waals surface area contributed by atoms with Crippen LogP contribution in [0.5, 0.6) is 0 Å². The molecule has 160 valence electrons. The first-order valence-electron chi connectivity index (χ1n) is 10.1. The van der Waals surface area contributed by atoms with Crippen molar-refractivity contribution in [3.63, 3.8) is 0 Å². The first kappa shape index (κ1) is 25.3. The predicted molar refractivity (Wildman–Crippen MR) is 123 cm³/mol. The molecule has 0 heterocycles. The second kappa shape index (κ2) is 13.5. The molecule has 29 heavy (non-hydrogen) atoms. The lowest BCUT2D eigenvalue weighted by atomic mass is 9.91. The third-order valence-electron chi connectivity index (χ3n) is 4.54. The normalized spacial score (nSPS) is 20.6. The van der Waals surface area contributed by atoms with Crippen LogP contribution in [0, 0.1) is 0 Å². The highest BCUT2D eigenvalue weighted by Crippen LogP contribution is 2.40. The smallest absolute Gasteiger partial charge is 0.305 e. The fraction of sp³-hybridized carbons (Fsp3) is 0.522. The van der Waals surface area contributed by atoms with Gasteiger partial charge >= 0.3 is 11.9 Å². The standard InChI is InChI=1S/C23H31IO5/c1-4-5-6-7-10-13-16-23(29-18(2)25)17-20(24)22(27)19(23)14-11-8-9-12-15-21(26)28-3/h8,10-11,13-14,17H,4-7,9,12,15-16H2,1-3H3/b11-8+,13-10-,19-14+. The van der Waals surface area contributed by atoms with E-state index in [-0.39, 0.29) is 11.8 Å². The highest BCUT2D eigenvalue weighted by Gasteiger charge is 2.44. The molecule has 1 atom stereocenters. The molecule has 0 amide bonds. The maximum absolute atomic E-state index is 12.7. The minimum absolute atomic E-state index is 0.120. The number of carbonyl (C=O) groups excluding carboxylic acids is 3. The van der Waals surface area contributed by atoms with Crippen molar-refractivity contribution in [2.24, 2.45) is 0 Å². The highest BCUT2D eigenvalue weighted by molar-refractivity contribution is 14.1. The maximum Gasteiger partial charge on any atom is 0.305 e. The summed E-state index contributed by atoms with van der Waals surface area (Å²) in [6.45, 7) is 3.52. The van der Waals surface area contributed by atoms with E-state index in [1.807, 2.05) is 34.7 Å². The van der Waals surface area contributed by atoms with Crippen molar-refractivity contribution in [2.45, 2.75) is 70.8 Å². The summed E-state index contributed by atoms with van der Waals surface area (Å²) in [6, 6.07) is 0. The predicted octanol–water partition coefficient (Wildman–Crippen LogP) is 5.54. The largest absolute Gasteiger partial charge is 0.469 e. The van der Waals surface area contributed by atoms with Crippen molar-refractivity contribution < 1.29 is 23.9 Å². The van der Waals surface area contributed by atoms with E-state index >= 15 is 0 Å². The lowest BCUT2D eigenvalue weighted by molar-refractivity contribution is -0.149. The molecular weight excluding hydrogens is 483 g/mol. The molecule has 0 spiro atoms. The number of ether oxygens (including phenoxy) is 2. The minimum atomic E-state index is -1.06.